The zero-order chi connectivity index (χ0) is 14.1. The molecule has 1 fully saturated rings. The molecule has 2 N–H and O–H groups in total. The molecule has 0 bridgehead atoms. The minimum Gasteiger partial charge on any atom is -0.326 e. The average Bonchev–Trinajstić information content (AvgIpc) is 2.25. The molecule has 1 aliphatic heterocycles. The molecule has 7 heteroatoms. The Balaban J connectivity index is 3.00. The second-order valence-electron chi connectivity index (χ2n) is 4.67. The van der Waals surface area contributed by atoms with Gasteiger partial charge >= 0.3 is 6.18 Å². The standard InChI is InChI=1S/C11H16F4N2O/c1-6(2)9(12)10(18)17-5-7(16)3-4-8(17)11(13,14)15/h7-8H,3-5,16H2,1-2H3. The van der Waals surface area contributed by atoms with Gasteiger partial charge in [-0.2, -0.15) is 13.2 Å². The second kappa shape index (κ2) is 5.26. The molecule has 1 aliphatic rings. The van der Waals surface area contributed by atoms with Gasteiger partial charge in [0.25, 0.3) is 5.91 Å². The van der Waals surface area contributed by atoms with Crippen molar-refractivity contribution in [1.82, 2.24) is 4.90 Å². The lowest BCUT2D eigenvalue weighted by atomic mass is 9.98. The summed E-state index contributed by atoms with van der Waals surface area (Å²) in [5.74, 6) is -2.37. The van der Waals surface area contributed by atoms with Crippen LogP contribution in [0.3, 0.4) is 0 Å². The summed E-state index contributed by atoms with van der Waals surface area (Å²) in [5, 5.41) is 0. The SMILES string of the molecule is CC(C)=C(F)C(=O)N1CC(N)CCC1C(F)(F)F. The van der Waals surface area contributed by atoms with Crippen molar-refractivity contribution in [3.63, 3.8) is 0 Å². The van der Waals surface area contributed by atoms with Crippen LogP contribution >= 0.6 is 0 Å². The van der Waals surface area contributed by atoms with Crippen molar-refractivity contribution >= 4 is 5.91 Å². The van der Waals surface area contributed by atoms with E-state index in [1.54, 1.807) is 0 Å². The van der Waals surface area contributed by atoms with Crippen LogP contribution in [-0.2, 0) is 4.79 Å². The maximum absolute atomic E-state index is 13.5. The number of nitrogens with zero attached hydrogens (tertiary/aromatic N) is 1. The number of carbonyl (C=O) groups excluding carboxylic acids is 1. The first kappa shape index (κ1) is 14.9. The van der Waals surface area contributed by atoms with E-state index < -0.39 is 30.0 Å². The summed E-state index contributed by atoms with van der Waals surface area (Å²) >= 11 is 0. The number of allylic oxidation sites excluding steroid dienone is 1. The lowest BCUT2D eigenvalue weighted by Gasteiger charge is -2.39. The Bertz CT molecular complexity index is 361. The summed E-state index contributed by atoms with van der Waals surface area (Å²) in [7, 11) is 0. The van der Waals surface area contributed by atoms with Gasteiger partial charge in [0.05, 0.1) is 0 Å². The first-order chi connectivity index (χ1) is 8.14. The van der Waals surface area contributed by atoms with E-state index in [1.165, 1.54) is 13.8 Å². The van der Waals surface area contributed by atoms with Crippen LogP contribution in [0.5, 0.6) is 0 Å². The fraction of sp³-hybridized carbons (Fsp3) is 0.727. The van der Waals surface area contributed by atoms with Gasteiger partial charge in [0.1, 0.15) is 6.04 Å². The molecule has 18 heavy (non-hydrogen) atoms. The predicted molar refractivity (Wildman–Crippen MR) is 58.2 cm³/mol. The maximum Gasteiger partial charge on any atom is 0.408 e. The normalized spacial score (nSPS) is 24.9. The highest BCUT2D eigenvalue weighted by Crippen LogP contribution is 2.32. The molecule has 0 aromatic rings. The Labute approximate surface area is 103 Å². The highest BCUT2D eigenvalue weighted by Gasteiger charge is 2.48. The fourth-order valence-corrected chi connectivity index (χ4v) is 1.90. The Kier molecular flexibility index (Phi) is 4.37. The minimum atomic E-state index is -4.56. The number of halogens is 4. The smallest absolute Gasteiger partial charge is 0.326 e. The van der Waals surface area contributed by atoms with Gasteiger partial charge in [-0.1, -0.05) is 0 Å². The number of amides is 1. The lowest BCUT2D eigenvalue weighted by molar-refractivity contribution is -0.195. The van der Waals surface area contributed by atoms with E-state index in [-0.39, 0.29) is 25.0 Å². The highest BCUT2D eigenvalue weighted by atomic mass is 19.4. The summed E-state index contributed by atoms with van der Waals surface area (Å²) in [5.41, 5.74) is 5.60. The summed E-state index contributed by atoms with van der Waals surface area (Å²) in [6.07, 6.45) is -4.67. The number of nitrogens with two attached hydrogens (primary N) is 1. The quantitative estimate of drug-likeness (QED) is 0.585. The van der Waals surface area contributed by atoms with Gasteiger partial charge in [0.15, 0.2) is 5.83 Å². The van der Waals surface area contributed by atoms with Crippen LogP contribution in [0.1, 0.15) is 26.7 Å². The molecule has 104 valence electrons. The third-order valence-electron chi connectivity index (χ3n) is 2.88. The van der Waals surface area contributed by atoms with Crippen LogP contribution in [0.4, 0.5) is 17.6 Å². The summed E-state index contributed by atoms with van der Waals surface area (Å²) in [6, 6.07) is -2.49. The molecule has 2 atom stereocenters. The van der Waals surface area contributed by atoms with Crippen LogP contribution < -0.4 is 5.73 Å². The Morgan fingerprint density at radius 2 is 1.83 bits per heavy atom. The van der Waals surface area contributed by atoms with Gasteiger partial charge in [-0.05, 0) is 32.3 Å². The van der Waals surface area contributed by atoms with Gasteiger partial charge < -0.3 is 10.6 Å². The van der Waals surface area contributed by atoms with Crippen LogP contribution in [-0.4, -0.2) is 35.6 Å². The fourth-order valence-electron chi connectivity index (χ4n) is 1.90. The molecule has 2 unspecified atom stereocenters. The molecule has 1 amide bonds. The van der Waals surface area contributed by atoms with E-state index in [2.05, 4.69) is 0 Å². The molecule has 0 spiro atoms. The molecule has 0 aromatic carbocycles. The highest BCUT2D eigenvalue weighted by molar-refractivity contribution is 5.92. The van der Waals surface area contributed by atoms with Crippen LogP contribution in [0, 0.1) is 0 Å². The lowest BCUT2D eigenvalue weighted by Crippen LogP contribution is -2.56. The second-order valence-corrected chi connectivity index (χ2v) is 4.67. The molecule has 1 saturated heterocycles. The van der Waals surface area contributed by atoms with E-state index in [0.717, 1.165) is 0 Å². The minimum absolute atomic E-state index is 0.0556. The summed E-state index contributed by atoms with van der Waals surface area (Å²) in [4.78, 5) is 12.2. The predicted octanol–water partition coefficient (Wildman–Crippen LogP) is 2.13. The number of hydrogen-bond donors (Lipinski definition) is 1. The van der Waals surface area contributed by atoms with Gasteiger partial charge in [-0.15, -0.1) is 0 Å². The number of carbonyl (C=O) groups is 1. The average molecular weight is 268 g/mol. The summed E-state index contributed by atoms with van der Waals surface area (Å²) in [6.45, 7) is 2.39. The molecule has 1 rings (SSSR count). The molecule has 0 aromatic heterocycles. The molecule has 0 saturated carbocycles. The van der Waals surface area contributed by atoms with E-state index in [0.29, 0.717) is 4.90 Å². The molecule has 0 aliphatic carbocycles. The van der Waals surface area contributed by atoms with Gasteiger partial charge in [0.2, 0.25) is 0 Å². The van der Waals surface area contributed by atoms with Crippen LogP contribution in [0.25, 0.3) is 0 Å². The van der Waals surface area contributed by atoms with Gasteiger partial charge in [0, 0.05) is 12.6 Å². The third-order valence-corrected chi connectivity index (χ3v) is 2.88. The topological polar surface area (TPSA) is 46.3 Å². The Morgan fingerprint density at radius 1 is 1.28 bits per heavy atom. The molecular weight excluding hydrogens is 252 g/mol. The van der Waals surface area contributed by atoms with Crippen molar-refractivity contribution in [2.24, 2.45) is 5.73 Å². The number of alkyl halides is 3. The summed E-state index contributed by atoms with van der Waals surface area (Å²) < 4.78 is 51.8. The van der Waals surface area contributed by atoms with Crippen molar-refractivity contribution in [3.05, 3.63) is 11.4 Å². The van der Waals surface area contributed by atoms with Crippen molar-refractivity contribution in [3.8, 4) is 0 Å². The Morgan fingerprint density at radius 3 is 2.28 bits per heavy atom. The van der Waals surface area contributed by atoms with E-state index in [9.17, 15) is 22.4 Å². The monoisotopic (exact) mass is 268 g/mol. The zero-order valence-electron chi connectivity index (χ0n) is 10.2. The van der Waals surface area contributed by atoms with E-state index >= 15 is 0 Å². The molecular formula is C11H16F4N2O. The number of piperidine rings is 1. The van der Waals surface area contributed by atoms with E-state index in [1.807, 2.05) is 0 Å². The third kappa shape index (κ3) is 3.22. The molecule has 1 heterocycles. The van der Waals surface area contributed by atoms with Crippen molar-refractivity contribution in [1.29, 1.82) is 0 Å². The molecule has 3 nitrogen and oxygen atoms in total. The first-order valence-corrected chi connectivity index (χ1v) is 5.60. The van der Waals surface area contributed by atoms with Crippen molar-refractivity contribution in [2.45, 2.75) is 44.9 Å². The zero-order valence-corrected chi connectivity index (χ0v) is 10.2. The van der Waals surface area contributed by atoms with E-state index in [4.69, 9.17) is 5.73 Å². The van der Waals surface area contributed by atoms with Gasteiger partial charge in [-0.25, -0.2) is 4.39 Å². The largest absolute Gasteiger partial charge is 0.408 e. The van der Waals surface area contributed by atoms with Crippen molar-refractivity contribution < 1.29 is 22.4 Å². The van der Waals surface area contributed by atoms with Crippen LogP contribution in [0.15, 0.2) is 11.4 Å². The maximum atomic E-state index is 13.5. The molecule has 0 radical (unpaired) electrons. The number of likely N-dealkylation sites (tertiary alicyclic amines) is 1. The number of rotatable bonds is 1. The van der Waals surface area contributed by atoms with Crippen molar-refractivity contribution in [2.75, 3.05) is 6.54 Å². The first-order valence-electron chi connectivity index (χ1n) is 5.60. The van der Waals surface area contributed by atoms with Crippen LogP contribution in [0.2, 0.25) is 0 Å². The van der Waals surface area contributed by atoms with Gasteiger partial charge in [-0.3, -0.25) is 4.79 Å². The number of hydrogen-bond acceptors (Lipinski definition) is 2. The Hall–Kier alpha value is -1.11.